The van der Waals surface area contributed by atoms with E-state index in [4.69, 9.17) is 0 Å². The molecule has 0 aliphatic heterocycles. The van der Waals surface area contributed by atoms with E-state index in [1.807, 2.05) is 38.1 Å². The third-order valence-electron chi connectivity index (χ3n) is 2.83. The first kappa shape index (κ1) is 15.6. The number of aromatic nitrogens is 2. The zero-order valence-electron chi connectivity index (χ0n) is 12.3. The molecule has 21 heavy (non-hydrogen) atoms. The van der Waals surface area contributed by atoms with E-state index >= 15 is 0 Å². The van der Waals surface area contributed by atoms with Crippen molar-refractivity contribution in [2.45, 2.75) is 25.4 Å². The molecule has 0 unspecified atom stereocenters. The molecule has 0 bridgehead atoms. The Hall–Kier alpha value is -1.82. The Kier molecular flexibility index (Phi) is 5.80. The number of nitrogens with zero attached hydrogens (tertiary/aromatic N) is 2. The van der Waals surface area contributed by atoms with E-state index in [1.165, 1.54) is 11.8 Å². The summed E-state index contributed by atoms with van der Waals surface area (Å²) < 4.78 is 0. The second-order valence-corrected chi connectivity index (χ2v) is 5.48. The maximum atomic E-state index is 11.6. The van der Waals surface area contributed by atoms with Gasteiger partial charge in [-0.1, -0.05) is 30.8 Å². The number of thioether (sulfide) groups is 1. The Morgan fingerprint density at radius 2 is 2.05 bits per heavy atom. The lowest BCUT2D eigenvalue weighted by Gasteiger charge is -2.09. The topological polar surface area (TPSA) is 66.9 Å². The van der Waals surface area contributed by atoms with Gasteiger partial charge < -0.3 is 10.6 Å². The minimum absolute atomic E-state index is 0.0172. The number of hydrogen-bond donors (Lipinski definition) is 2. The Labute approximate surface area is 128 Å². The van der Waals surface area contributed by atoms with Crippen molar-refractivity contribution in [3.8, 4) is 0 Å². The standard InChI is InChI=1S/C15H20N4OS/c1-3-9-17-13(20)10-21-15-18-12-8-6-5-7-11(12)14(19-15)16-4-2/h5-8H,3-4,9-10H2,1-2H3,(H,17,20)(H,16,18,19). The SMILES string of the molecule is CCCNC(=O)CSc1nc(NCC)c2ccccc2n1. The van der Waals surface area contributed by atoms with E-state index in [-0.39, 0.29) is 5.91 Å². The molecule has 5 nitrogen and oxygen atoms in total. The van der Waals surface area contributed by atoms with Crippen LogP contribution in [0.1, 0.15) is 20.3 Å². The lowest BCUT2D eigenvalue weighted by atomic mass is 10.2. The van der Waals surface area contributed by atoms with Gasteiger partial charge in [-0.3, -0.25) is 4.79 Å². The van der Waals surface area contributed by atoms with Gasteiger partial charge in [-0.05, 0) is 25.5 Å². The average Bonchev–Trinajstić information content (AvgIpc) is 2.51. The zero-order valence-corrected chi connectivity index (χ0v) is 13.2. The fourth-order valence-corrected chi connectivity index (χ4v) is 2.55. The normalized spacial score (nSPS) is 10.6. The molecule has 6 heteroatoms. The molecule has 1 aromatic heterocycles. The van der Waals surface area contributed by atoms with Crippen LogP contribution >= 0.6 is 11.8 Å². The van der Waals surface area contributed by atoms with Crippen LogP contribution in [0.3, 0.4) is 0 Å². The minimum Gasteiger partial charge on any atom is -0.370 e. The van der Waals surface area contributed by atoms with Crippen molar-refractivity contribution >= 4 is 34.4 Å². The second kappa shape index (κ2) is 7.83. The number of amides is 1. The number of fused-ring (bicyclic) bond motifs is 1. The summed E-state index contributed by atoms with van der Waals surface area (Å²) in [6, 6.07) is 7.87. The summed E-state index contributed by atoms with van der Waals surface area (Å²) in [5.74, 6) is 1.17. The van der Waals surface area contributed by atoms with Crippen LogP contribution in [0.2, 0.25) is 0 Å². The molecule has 2 aromatic rings. The summed E-state index contributed by atoms with van der Waals surface area (Å²) in [5.41, 5.74) is 0.889. The Bertz CT molecular complexity index is 618. The molecule has 0 spiro atoms. The predicted octanol–water partition coefficient (Wildman–Crippen LogP) is 2.68. The number of nitrogens with one attached hydrogen (secondary N) is 2. The van der Waals surface area contributed by atoms with E-state index in [9.17, 15) is 4.79 Å². The maximum absolute atomic E-state index is 11.6. The molecule has 1 heterocycles. The second-order valence-electron chi connectivity index (χ2n) is 4.54. The minimum atomic E-state index is 0.0172. The van der Waals surface area contributed by atoms with Gasteiger partial charge in [0.05, 0.1) is 11.3 Å². The smallest absolute Gasteiger partial charge is 0.230 e. The summed E-state index contributed by atoms with van der Waals surface area (Å²) in [6.45, 7) is 5.56. The van der Waals surface area contributed by atoms with Crippen molar-refractivity contribution in [3.05, 3.63) is 24.3 Å². The van der Waals surface area contributed by atoms with E-state index in [2.05, 4.69) is 20.6 Å². The van der Waals surface area contributed by atoms with Gasteiger partial charge in [-0.15, -0.1) is 0 Å². The van der Waals surface area contributed by atoms with E-state index in [0.29, 0.717) is 17.5 Å². The fraction of sp³-hybridized carbons (Fsp3) is 0.400. The molecule has 0 atom stereocenters. The first-order valence-electron chi connectivity index (χ1n) is 7.14. The summed E-state index contributed by atoms with van der Waals surface area (Å²) >= 11 is 1.36. The van der Waals surface area contributed by atoms with Gasteiger partial charge in [0.2, 0.25) is 5.91 Å². The number of benzene rings is 1. The van der Waals surface area contributed by atoms with Gasteiger partial charge >= 0.3 is 0 Å². The molecule has 1 amide bonds. The van der Waals surface area contributed by atoms with Gasteiger partial charge in [-0.2, -0.15) is 0 Å². The highest BCUT2D eigenvalue weighted by atomic mass is 32.2. The Morgan fingerprint density at radius 1 is 1.24 bits per heavy atom. The molecule has 2 rings (SSSR count). The van der Waals surface area contributed by atoms with Crippen molar-refractivity contribution in [1.82, 2.24) is 15.3 Å². The van der Waals surface area contributed by atoms with Crippen LogP contribution < -0.4 is 10.6 Å². The van der Waals surface area contributed by atoms with Crippen LogP contribution in [0.4, 0.5) is 5.82 Å². The van der Waals surface area contributed by atoms with E-state index in [0.717, 1.165) is 29.7 Å². The number of hydrogen-bond acceptors (Lipinski definition) is 5. The maximum Gasteiger partial charge on any atom is 0.230 e. The zero-order chi connectivity index (χ0) is 15.1. The van der Waals surface area contributed by atoms with Gasteiger partial charge in [0.25, 0.3) is 0 Å². The summed E-state index contributed by atoms with van der Waals surface area (Å²) in [4.78, 5) is 20.7. The highest BCUT2D eigenvalue weighted by Gasteiger charge is 2.09. The van der Waals surface area contributed by atoms with Crippen molar-refractivity contribution in [3.63, 3.8) is 0 Å². The lowest BCUT2D eigenvalue weighted by Crippen LogP contribution is -2.25. The van der Waals surface area contributed by atoms with Crippen molar-refractivity contribution < 1.29 is 4.79 Å². The molecule has 0 aliphatic carbocycles. The lowest BCUT2D eigenvalue weighted by molar-refractivity contribution is -0.118. The van der Waals surface area contributed by atoms with Crippen LogP contribution in [0.25, 0.3) is 10.9 Å². The number of anilines is 1. The number of para-hydroxylation sites is 1. The van der Waals surface area contributed by atoms with Crippen LogP contribution in [0.15, 0.2) is 29.4 Å². The molecule has 0 saturated carbocycles. The number of carbonyl (C=O) groups excluding carboxylic acids is 1. The largest absolute Gasteiger partial charge is 0.370 e. The fourth-order valence-electron chi connectivity index (χ4n) is 1.87. The number of rotatable bonds is 7. The molecule has 0 radical (unpaired) electrons. The molecular weight excluding hydrogens is 284 g/mol. The summed E-state index contributed by atoms with van der Waals surface area (Å²) in [5, 5.41) is 7.72. The molecular formula is C15H20N4OS. The number of carbonyl (C=O) groups is 1. The van der Waals surface area contributed by atoms with Crippen LogP contribution in [-0.4, -0.2) is 34.7 Å². The first-order chi connectivity index (χ1) is 10.2. The van der Waals surface area contributed by atoms with Gasteiger partial charge in [-0.25, -0.2) is 9.97 Å². The summed E-state index contributed by atoms with van der Waals surface area (Å²) in [7, 11) is 0. The Balaban J connectivity index is 2.14. The van der Waals surface area contributed by atoms with E-state index in [1.54, 1.807) is 0 Å². The quantitative estimate of drug-likeness (QED) is 0.608. The Morgan fingerprint density at radius 3 is 2.81 bits per heavy atom. The third-order valence-corrected chi connectivity index (χ3v) is 3.68. The molecule has 0 saturated heterocycles. The molecule has 0 fully saturated rings. The highest BCUT2D eigenvalue weighted by Crippen LogP contribution is 2.24. The van der Waals surface area contributed by atoms with Gasteiger partial charge in [0.1, 0.15) is 5.82 Å². The average molecular weight is 304 g/mol. The van der Waals surface area contributed by atoms with Crippen molar-refractivity contribution in [1.29, 1.82) is 0 Å². The molecule has 112 valence electrons. The van der Waals surface area contributed by atoms with E-state index < -0.39 is 0 Å². The predicted molar refractivity (Wildman–Crippen MR) is 87.7 cm³/mol. The third kappa shape index (κ3) is 4.32. The van der Waals surface area contributed by atoms with Crippen LogP contribution in [-0.2, 0) is 4.79 Å². The van der Waals surface area contributed by atoms with Crippen LogP contribution in [0, 0.1) is 0 Å². The summed E-state index contributed by atoms with van der Waals surface area (Å²) in [6.07, 6.45) is 0.938. The van der Waals surface area contributed by atoms with Crippen molar-refractivity contribution in [2.75, 3.05) is 24.2 Å². The highest BCUT2D eigenvalue weighted by molar-refractivity contribution is 7.99. The monoisotopic (exact) mass is 304 g/mol. The molecule has 0 aliphatic rings. The van der Waals surface area contributed by atoms with Crippen molar-refractivity contribution in [2.24, 2.45) is 0 Å². The van der Waals surface area contributed by atoms with Crippen LogP contribution in [0.5, 0.6) is 0 Å². The first-order valence-corrected chi connectivity index (χ1v) is 8.13. The van der Waals surface area contributed by atoms with Gasteiger partial charge in [0.15, 0.2) is 5.16 Å². The molecule has 2 N–H and O–H groups in total. The van der Waals surface area contributed by atoms with Gasteiger partial charge in [0, 0.05) is 18.5 Å². The molecule has 1 aromatic carbocycles.